The van der Waals surface area contributed by atoms with Crippen molar-refractivity contribution in [3.05, 3.63) is 0 Å². The van der Waals surface area contributed by atoms with Gasteiger partial charge in [-0.25, -0.2) is 0 Å². The van der Waals surface area contributed by atoms with E-state index in [2.05, 4.69) is 18.7 Å². The van der Waals surface area contributed by atoms with E-state index >= 15 is 0 Å². The molecule has 1 saturated heterocycles. The van der Waals surface area contributed by atoms with Crippen LogP contribution in [0.2, 0.25) is 0 Å². The average Bonchev–Trinajstić information content (AvgIpc) is 2.46. The third-order valence-corrected chi connectivity index (χ3v) is 2.67. The summed E-state index contributed by atoms with van der Waals surface area (Å²) in [5, 5.41) is 8.60. The fraction of sp³-hybridized carbons (Fsp3) is 0.900. The minimum atomic E-state index is -0.399. The second-order valence-electron chi connectivity index (χ2n) is 4.60. The number of nitrogens with zero attached hydrogens (tertiary/aromatic N) is 2. The van der Waals surface area contributed by atoms with Crippen LogP contribution < -0.4 is 5.73 Å². The lowest BCUT2D eigenvalue weighted by Gasteiger charge is -2.24. The summed E-state index contributed by atoms with van der Waals surface area (Å²) < 4.78 is 5.62. The van der Waals surface area contributed by atoms with Gasteiger partial charge in [0.1, 0.15) is 6.04 Å². The average molecular weight is 197 g/mol. The summed E-state index contributed by atoms with van der Waals surface area (Å²) in [6.45, 7) is 5.53. The zero-order valence-corrected chi connectivity index (χ0v) is 9.16. The molecule has 0 bridgehead atoms. The quantitative estimate of drug-likeness (QED) is 0.708. The summed E-state index contributed by atoms with van der Waals surface area (Å²) in [6, 6.07) is 2.03. The zero-order chi connectivity index (χ0) is 10.8. The Balaban J connectivity index is 2.40. The van der Waals surface area contributed by atoms with Crippen LogP contribution in [0, 0.1) is 11.3 Å². The first-order chi connectivity index (χ1) is 6.44. The van der Waals surface area contributed by atoms with Gasteiger partial charge in [-0.1, -0.05) is 0 Å². The molecule has 0 saturated carbocycles. The molecule has 2 atom stereocenters. The van der Waals surface area contributed by atoms with Crippen LogP contribution in [0.15, 0.2) is 0 Å². The number of hydrogen-bond donors (Lipinski definition) is 1. The molecule has 0 amide bonds. The highest BCUT2D eigenvalue weighted by molar-refractivity contribution is 4.92. The molecule has 1 fully saturated rings. The predicted molar refractivity (Wildman–Crippen MR) is 54.7 cm³/mol. The highest BCUT2D eigenvalue weighted by Crippen LogP contribution is 2.27. The van der Waals surface area contributed by atoms with Crippen LogP contribution in [0.1, 0.15) is 20.3 Å². The summed E-state index contributed by atoms with van der Waals surface area (Å²) in [5.74, 6) is 0. The van der Waals surface area contributed by atoms with Crippen molar-refractivity contribution in [1.29, 1.82) is 5.26 Å². The maximum absolute atomic E-state index is 8.60. The molecular weight excluding hydrogens is 178 g/mol. The van der Waals surface area contributed by atoms with Gasteiger partial charge >= 0.3 is 0 Å². The molecule has 1 aliphatic heterocycles. The van der Waals surface area contributed by atoms with Crippen LogP contribution in [-0.2, 0) is 4.74 Å². The Bertz CT molecular complexity index is 234. The minimum absolute atomic E-state index is 0.0321. The van der Waals surface area contributed by atoms with E-state index in [9.17, 15) is 0 Å². The van der Waals surface area contributed by atoms with Gasteiger partial charge in [0.25, 0.3) is 0 Å². The second-order valence-corrected chi connectivity index (χ2v) is 4.60. The molecule has 0 radical (unpaired) electrons. The van der Waals surface area contributed by atoms with Crippen LogP contribution in [0.3, 0.4) is 0 Å². The summed E-state index contributed by atoms with van der Waals surface area (Å²) in [6.07, 6.45) is 1.00. The van der Waals surface area contributed by atoms with Crippen molar-refractivity contribution in [2.75, 3.05) is 20.2 Å². The van der Waals surface area contributed by atoms with Crippen LogP contribution >= 0.6 is 0 Å². The Morgan fingerprint density at radius 3 is 2.79 bits per heavy atom. The Kier molecular flexibility index (Phi) is 3.48. The fourth-order valence-corrected chi connectivity index (χ4v) is 1.79. The normalized spacial score (nSPS) is 27.6. The van der Waals surface area contributed by atoms with Gasteiger partial charge < -0.3 is 10.5 Å². The molecule has 14 heavy (non-hydrogen) atoms. The van der Waals surface area contributed by atoms with Crippen molar-refractivity contribution in [2.45, 2.75) is 38.0 Å². The van der Waals surface area contributed by atoms with Crippen molar-refractivity contribution in [2.24, 2.45) is 5.73 Å². The molecule has 1 rings (SSSR count). The number of ether oxygens (including phenoxy) is 1. The summed E-state index contributed by atoms with van der Waals surface area (Å²) in [5.41, 5.74) is 5.53. The lowest BCUT2D eigenvalue weighted by molar-refractivity contribution is 0.0335. The Morgan fingerprint density at radius 1 is 1.71 bits per heavy atom. The van der Waals surface area contributed by atoms with Crippen molar-refractivity contribution >= 4 is 0 Å². The summed E-state index contributed by atoms with van der Waals surface area (Å²) in [4.78, 5) is 2.11. The molecular formula is C10H19N3O. The van der Waals surface area contributed by atoms with Crippen molar-refractivity contribution in [3.8, 4) is 6.07 Å². The molecule has 80 valence electrons. The predicted octanol–water partition coefficient (Wildman–Crippen LogP) is 0.337. The maximum atomic E-state index is 8.60. The smallest absolute Gasteiger partial charge is 0.106 e. The Labute approximate surface area is 85.6 Å². The maximum Gasteiger partial charge on any atom is 0.106 e. The molecule has 2 unspecified atom stereocenters. The first-order valence-electron chi connectivity index (χ1n) is 4.94. The van der Waals surface area contributed by atoms with E-state index in [1.54, 1.807) is 0 Å². The third-order valence-electron chi connectivity index (χ3n) is 2.67. The van der Waals surface area contributed by atoms with Crippen molar-refractivity contribution in [1.82, 2.24) is 4.90 Å². The van der Waals surface area contributed by atoms with Gasteiger partial charge in [0.2, 0.25) is 0 Å². The van der Waals surface area contributed by atoms with E-state index in [4.69, 9.17) is 15.7 Å². The number of nitriles is 1. The van der Waals surface area contributed by atoms with E-state index in [0.717, 1.165) is 13.0 Å². The van der Waals surface area contributed by atoms with Crippen LogP contribution in [0.5, 0.6) is 0 Å². The van der Waals surface area contributed by atoms with Crippen LogP contribution in [0.25, 0.3) is 0 Å². The monoisotopic (exact) mass is 197 g/mol. The molecule has 0 aromatic carbocycles. The standard InChI is InChI=1S/C10H19N3O/c1-10(2)4-9(7-14-10)13(3)6-8(12)5-11/h8-9H,4,6-7,12H2,1-3H3. The van der Waals surface area contributed by atoms with E-state index in [1.165, 1.54) is 0 Å². The highest BCUT2D eigenvalue weighted by atomic mass is 16.5. The summed E-state index contributed by atoms with van der Waals surface area (Å²) in [7, 11) is 1.99. The lowest BCUT2D eigenvalue weighted by Crippen LogP contribution is -2.41. The SMILES string of the molecule is CN(CC(N)C#N)C1COC(C)(C)C1. The number of likely N-dealkylation sites (N-methyl/N-ethyl adjacent to an activating group) is 1. The second kappa shape index (κ2) is 4.26. The zero-order valence-electron chi connectivity index (χ0n) is 9.16. The first-order valence-corrected chi connectivity index (χ1v) is 4.94. The van der Waals surface area contributed by atoms with Gasteiger partial charge in [0.05, 0.1) is 18.3 Å². The first kappa shape index (κ1) is 11.4. The van der Waals surface area contributed by atoms with Crippen molar-refractivity contribution < 1.29 is 4.74 Å². The molecule has 4 heteroatoms. The summed E-state index contributed by atoms with van der Waals surface area (Å²) >= 11 is 0. The van der Waals surface area contributed by atoms with Gasteiger partial charge in [0.15, 0.2) is 0 Å². The minimum Gasteiger partial charge on any atom is -0.374 e. The molecule has 0 spiro atoms. The van der Waals surface area contributed by atoms with Crippen LogP contribution in [-0.4, -0.2) is 42.8 Å². The van der Waals surface area contributed by atoms with Gasteiger partial charge in [0, 0.05) is 12.6 Å². The van der Waals surface area contributed by atoms with Gasteiger partial charge in [-0.15, -0.1) is 0 Å². The van der Waals surface area contributed by atoms with Gasteiger partial charge in [-0.05, 0) is 27.3 Å². The molecule has 4 nitrogen and oxygen atoms in total. The topological polar surface area (TPSA) is 62.3 Å². The molecule has 0 aromatic heterocycles. The molecule has 0 aromatic rings. The molecule has 0 aliphatic carbocycles. The van der Waals surface area contributed by atoms with Gasteiger partial charge in [-0.2, -0.15) is 5.26 Å². The highest BCUT2D eigenvalue weighted by Gasteiger charge is 2.34. The number of hydrogen-bond acceptors (Lipinski definition) is 4. The van der Waals surface area contributed by atoms with Gasteiger partial charge in [-0.3, -0.25) is 4.90 Å². The Hall–Kier alpha value is -0.630. The number of rotatable bonds is 3. The molecule has 1 aliphatic rings. The molecule has 1 heterocycles. The number of nitrogens with two attached hydrogens (primary N) is 1. The Morgan fingerprint density at radius 2 is 2.36 bits per heavy atom. The van der Waals surface area contributed by atoms with E-state index in [1.807, 2.05) is 13.1 Å². The van der Waals surface area contributed by atoms with E-state index in [-0.39, 0.29) is 5.60 Å². The van der Waals surface area contributed by atoms with E-state index < -0.39 is 6.04 Å². The fourth-order valence-electron chi connectivity index (χ4n) is 1.79. The van der Waals surface area contributed by atoms with E-state index in [0.29, 0.717) is 12.6 Å². The van der Waals surface area contributed by atoms with Crippen LogP contribution in [0.4, 0.5) is 0 Å². The lowest BCUT2D eigenvalue weighted by atomic mass is 10.0. The largest absolute Gasteiger partial charge is 0.374 e. The molecule has 2 N–H and O–H groups in total. The van der Waals surface area contributed by atoms with Crippen molar-refractivity contribution in [3.63, 3.8) is 0 Å². The third kappa shape index (κ3) is 2.95.